The summed E-state index contributed by atoms with van der Waals surface area (Å²) in [4.78, 5) is 32.2. The van der Waals surface area contributed by atoms with Crippen LogP contribution in [0.1, 0.15) is 10.4 Å². The van der Waals surface area contributed by atoms with Gasteiger partial charge in [0, 0.05) is 11.3 Å². The first-order valence-corrected chi connectivity index (χ1v) is 10.2. The highest BCUT2D eigenvalue weighted by Crippen LogP contribution is 2.25. The van der Waals surface area contributed by atoms with Gasteiger partial charge in [-0.1, -0.05) is 23.2 Å². The first kappa shape index (κ1) is 21.7. The summed E-state index contributed by atoms with van der Waals surface area (Å²) in [6.45, 7) is -0.447. The molecule has 7 nitrogen and oxygen atoms in total. The molecule has 0 aliphatic rings. The number of fused-ring (bicyclic) bond motifs is 1. The number of carbonyl (C=O) groups is 2. The van der Waals surface area contributed by atoms with E-state index in [1.165, 1.54) is 6.07 Å². The van der Waals surface area contributed by atoms with Gasteiger partial charge in [-0.15, -0.1) is 0 Å². The monoisotopic (exact) mass is 469 g/mol. The minimum atomic E-state index is -0.628. The number of aromatic amines is 1. The van der Waals surface area contributed by atoms with Gasteiger partial charge in [-0.05, 0) is 60.7 Å². The summed E-state index contributed by atoms with van der Waals surface area (Å²) in [5.41, 5.74) is 3.00. The minimum absolute atomic E-state index is 0.296. The topological polar surface area (TPSA) is 93.3 Å². The number of nitrogens with one attached hydrogen (secondary N) is 2. The standard InChI is InChI=1S/C23H17Cl2N3O4/c1-31-16-6-2-13(3-7-16)22-27-19-9-4-14(10-20(19)28-22)23(30)32-12-21(29)26-15-5-8-17(24)18(25)11-15/h2-11H,12H2,1H3,(H,26,29)(H,27,28). The van der Waals surface area contributed by atoms with E-state index in [9.17, 15) is 9.59 Å². The van der Waals surface area contributed by atoms with Crippen LogP contribution in [0, 0.1) is 0 Å². The third-order valence-electron chi connectivity index (χ3n) is 4.62. The minimum Gasteiger partial charge on any atom is -0.497 e. The van der Waals surface area contributed by atoms with E-state index < -0.39 is 18.5 Å². The van der Waals surface area contributed by atoms with Crippen molar-refractivity contribution in [2.45, 2.75) is 0 Å². The Labute approximate surface area is 193 Å². The number of imidazole rings is 1. The molecular formula is C23H17Cl2N3O4. The second-order valence-electron chi connectivity index (χ2n) is 6.80. The van der Waals surface area contributed by atoms with Crippen LogP contribution in [0.25, 0.3) is 22.4 Å². The van der Waals surface area contributed by atoms with Gasteiger partial charge in [-0.25, -0.2) is 9.78 Å². The average Bonchev–Trinajstić information content (AvgIpc) is 3.23. The van der Waals surface area contributed by atoms with Gasteiger partial charge >= 0.3 is 5.97 Å². The van der Waals surface area contributed by atoms with Crippen molar-refractivity contribution >= 4 is 51.8 Å². The van der Waals surface area contributed by atoms with Gasteiger partial charge in [0.15, 0.2) is 6.61 Å². The molecule has 3 aromatic carbocycles. The van der Waals surface area contributed by atoms with Crippen molar-refractivity contribution < 1.29 is 19.1 Å². The number of anilines is 1. The average molecular weight is 470 g/mol. The predicted molar refractivity (Wildman–Crippen MR) is 123 cm³/mol. The third-order valence-corrected chi connectivity index (χ3v) is 5.36. The lowest BCUT2D eigenvalue weighted by molar-refractivity contribution is -0.119. The van der Waals surface area contributed by atoms with E-state index in [1.807, 2.05) is 24.3 Å². The quantitative estimate of drug-likeness (QED) is 0.371. The molecule has 1 aromatic heterocycles. The highest BCUT2D eigenvalue weighted by molar-refractivity contribution is 6.42. The van der Waals surface area contributed by atoms with E-state index in [4.69, 9.17) is 32.7 Å². The number of nitrogens with zero attached hydrogens (tertiary/aromatic N) is 1. The second-order valence-corrected chi connectivity index (χ2v) is 7.61. The molecule has 0 fully saturated rings. The zero-order valence-corrected chi connectivity index (χ0v) is 18.3. The Bertz CT molecular complexity index is 1300. The summed E-state index contributed by atoms with van der Waals surface area (Å²) in [7, 11) is 1.60. The third kappa shape index (κ3) is 4.85. The number of aromatic nitrogens is 2. The van der Waals surface area contributed by atoms with Crippen molar-refractivity contribution in [1.29, 1.82) is 0 Å². The maximum Gasteiger partial charge on any atom is 0.338 e. The second kappa shape index (κ2) is 9.30. The Kier molecular flexibility index (Phi) is 6.30. The Morgan fingerprint density at radius 3 is 2.50 bits per heavy atom. The number of H-pyrrole nitrogens is 1. The molecule has 162 valence electrons. The van der Waals surface area contributed by atoms with E-state index in [-0.39, 0.29) is 0 Å². The zero-order chi connectivity index (χ0) is 22.7. The van der Waals surface area contributed by atoms with E-state index in [0.29, 0.717) is 38.2 Å². The molecule has 1 amide bonds. The summed E-state index contributed by atoms with van der Waals surface area (Å²) in [5, 5.41) is 3.28. The SMILES string of the molecule is COc1ccc(-c2nc3ccc(C(=O)OCC(=O)Nc4ccc(Cl)c(Cl)c4)cc3[nH]2)cc1. The Morgan fingerprint density at radius 2 is 1.78 bits per heavy atom. The molecular weight excluding hydrogens is 453 g/mol. The molecule has 32 heavy (non-hydrogen) atoms. The van der Waals surface area contributed by atoms with Gasteiger partial charge in [0.05, 0.1) is 33.8 Å². The summed E-state index contributed by atoms with van der Waals surface area (Å²) in [6, 6.07) is 17.1. The van der Waals surface area contributed by atoms with Crippen LogP contribution in [0.2, 0.25) is 10.0 Å². The van der Waals surface area contributed by atoms with Crippen molar-refractivity contribution in [3.63, 3.8) is 0 Å². The maximum absolute atomic E-state index is 12.4. The van der Waals surface area contributed by atoms with Gasteiger partial charge in [0.25, 0.3) is 5.91 Å². The van der Waals surface area contributed by atoms with Crippen LogP contribution in [0.5, 0.6) is 5.75 Å². The van der Waals surface area contributed by atoms with Crippen LogP contribution in [0.4, 0.5) is 5.69 Å². The summed E-state index contributed by atoms with van der Waals surface area (Å²) in [5.74, 6) is 0.283. The number of halogens is 2. The molecule has 4 aromatic rings. The smallest absolute Gasteiger partial charge is 0.338 e. The first-order chi connectivity index (χ1) is 15.4. The van der Waals surface area contributed by atoms with Crippen LogP contribution >= 0.6 is 23.2 Å². The van der Waals surface area contributed by atoms with Gasteiger partial charge in [0.2, 0.25) is 0 Å². The molecule has 0 spiro atoms. The summed E-state index contributed by atoms with van der Waals surface area (Å²) >= 11 is 11.8. The van der Waals surface area contributed by atoms with E-state index in [1.54, 1.807) is 37.4 Å². The molecule has 9 heteroatoms. The number of esters is 1. The fourth-order valence-corrected chi connectivity index (χ4v) is 3.31. The molecule has 0 saturated carbocycles. The van der Waals surface area contributed by atoms with Gasteiger partial charge < -0.3 is 19.8 Å². The fourth-order valence-electron chi connectivity index (χ4n) is 3.01. The Morgan fingerprint density at radius 1 is 1.00 bits per heavy atom. The van der Waals surface area contributed by atoms with Crippen LogP contribution < -0.4 is 10.1 Å². The van der Waals surface area contributed by atoms with Gasteiger partial charge in [-0.2, -0.15) is 0 Å². The van der Waals surface area contributed by atoms with Crippen LogP contribution in [-0.2, 0) is 9.53 Å². The molecule has 0 aliphatic carbocycles. The van der Waals surface area contributed by atoms with E-state index in [2.05, 4.69) is 15.3 Å². The van der Waals surface area contributed by atoms with Crippen LogP contribution in [0.3, 0.4) is 0 Å². The largest absolute Gasteiger partial charge is 0.497 e. The van der Waals surface area contributed by atoms with Crippen LogP contribution in [0.15, 0.2) is 60.7 Å². The number of methoxy groups -OCH3 is 1. The van der Waals surface area contributed by atoms with E-state index in [0.717, 1.165) is 11.3 Å². The fraction of sp³-hybridized carbons (Fsp3) is 0.0870. The van der Waals surface area contributed by atoms with Crippen molar-refractivity contribution in [2.24, 2.45) is 0 Å². The Hall–Kier alpha value is -3.55. The number of ether oxygens (including phenoxy) is 2. The number of amides is 1. The molecule has 0 bridgehead atoms. The highest BCUT2D eigenvalue weighted by atomic mass is 35.5. The molecule has 4 rings (SSSR count). The molecule has 0 aliphatic heterocycles. The number of carbonyl (C=O) groups excluding carboxylic acids is 2. The van der Waals surface area contributed by atoms with Crippen molar-refractivity contribution in [2.75, 3.05) is 19.0 Å². The summed E-state index contributed by atoms with van der Waals surface area (Å²) < 4.78 is 10.3. The summed E-state index contributed by atoms with van der Waals surface area (Å²) in [6.07, 6.45) is 0. The van der Waals surface area contributed by atoms with Gasteiger partial charge in [-0.3, -0.25) is 4.79 Å². The lowest BCUT2D eigenvalue weighted by atomic mass is 10.2. The number of rotatable bonds is 6. The lowest BCUT2D eigenvalue weighted by Crippen LogP contribution is -2.20. The molecule has 0 unspecified atom stereocenters. The lowest BCUT2D eigenvalue weighted by Gasteiger charge is -2.07. The Balaban J connectivity index is 1.41. The van der Waals surface area contributed by atoms with Crippen LogP contribution in [-0.4, -0.2) is 35.6 Å². The normalized spacial score (nSPS) is 10.7. The molecule has 0 saturated heterocycles. The van der Waals surface area contributed by atoms with Crippen molar-refractivity contribution in [3.05, 3.63) is 76.3 Å². The number of hydrogen-bond donors (Lipinski definition) is 2. The van der Waals surface area contributed by atoms with Crippen molar-refractivity contribution in [3.8, 4) is 17.1 Å². The number of hydrogen-bond acceptors (Lipinski definition) is 5. The van der Waals surface area contributed by atoms with E-state index >= 15 is 0 Å². The first-order valence-electron chi connectivity index (χ1n) is 9.49. The molecule has 1 heterocycles. The predicted octanol–water partition coefficient (Wildman–Crippen LogP) is 5.34. The molecule has 0 radical (unpaired) electrons. The zero-order valence-electron chi connectivity index (χ0n) is 16.8. The molecule has 2 N–H and O–H groups in total. The molecule has 0 atom stereocenters. The van der Waals surface area contributed by atoms with Crippen molar-refractivity contribution in [1.82, 2.24) is 9.97 Å². The highest BCUT2D eigenvalue weighted by Gasteiger charge is 2.13. The van der Waals surface area contributed by atoms with Gasteiger partial charge in [0.1, 0.15) is 11.6 Å². The maximum atomic E-state index is 12.4. The number of benzene rings is 3.